The van der Waals surface area contributed by atoms with E-state index in [0.717, 1.165) is 10.0 Å². The Labute approximate surface area is 123 Å². The van der Waals surface area contributed by atoms with Gasteiger partial charge in [0.2, 0.25) is 0 Å². The number of hydrogen-bond donors (Lipinski definition) is 1. The standard InChI is InChI=1S/C13H13BrF3NS/c1-12(8-3-2-4-10(14)5-8)7-9(13(15,16)17)6-11(19)18-12/h2-5,9H,6-7H2,1H3,(H,18,19). The summed E-state index contributed by atoms with van der Waals surface area (Å²) < 4.78 is 39.7. The molecule has 0 bridgehead atoms. The lowest BCUT2D eigenvalue weighted by molar-refractivity contribution is -0.180. The van der Waals surface area contributed by atoms with Crippen LogP contribution in [0.25, 0.3) is 0 Å². The number of rotatable bonds is 1. The fraction of sp³-hybridized carbons (Fsp3) is 0.462. The Kier molecular flexibility index (Phi) is 3.93. The van der Waals surface area contributed by atoms with Crippen molar-refractivity contribution in [3.63, 3.8) is 0 Å². The van der Waals surface area contributed by atoms with Gasteiger partial charge in [0.25, 0.3) is 0 Å². The SMILES string of the molecule is CC1(c2cccc(Br)c2)CC(C(F)(F)F)CC(=S)N1. The second kappa shape index (κ2) is 5.05. The van der Waals surface area contributed by atoms with E-state index in [0.29, 0.717) is 0 Å². The highest BCUT2D eigenvalue weighted by atomic mass is 79.9. The van der Waals surface area contributed by atoms with Crippen LogP contribution in [-0.4, -0.2) is 11.2 Å². The van der Waals surface area contributed by atoms with Crippen molar-refractivity contribution in [3.05, 3.63) is 34.3 Å². The highest BCUT2D eigenvalue weighted by Crippen LogP contribution is 2.42. The maximum absolute atomic E-state index is 13.0. The van der Waals surface area contributed by atoms with Crippen molar-refractivity contribution in [1.82, 2.24) is 5.32 Å². The number of alkyl halides is 3. The van der Waals surface area contributed by atoms with Gasteiger partial charge in [0.05, 0.1) is 16.4 Å². The van der Waals surface area contributed by atoms with Crippen LogP contribution in [0.4, 0.5) is 13.2 Å². The largest absolute Gasteiger partial charge is 0.392 e. The monoisotopic (exact) mass is 351 g/mol. The molecule has 1 nitrogen and oxygen atoms in total. The molecule has 0 radical (unpaired) electrons. The molecule has 1 aliphatic heterocycles. The average Bonchev–Trinajstić information content (AvgIpc) is 2.26. The van der Waals surface area contributed by atoms with Gasteiger partial charge in [-0.2, -0.15) is 13.2 Å². The Morgan fingerprint density at radius 1 is 1.42 bits per heavy atom. The second-order valence-electron chi connectivity index (χ2n) is 5.04. The molecule has 2 atom stereocenters. The van der Waals surface area contributed by atoms with Gasteiger partial charge in [0, 0.05) is 10.9 Å². The van der Waals surface area contributed by atoms with Crippen molar-refractivity contribution in [3.8, 4) is 0 Å². The third kappa shape index (κ3) is 3.28. The normalized spacial score (nSPS) is 28.1. The fourth-order valence-electron chi connectivity index (χ4n) is 2.45. The van der Waals surface area contributed by atoms with Crippen LogP contribution < -0.4 is 5.32 Å². The summed E-state index contributed by atoms with van der Waals surface area (Å²) in [5, 5.41) is 3.05. The third-order valence-corrected chi connectivity index (χ3v) is 4.19. The Morgan fingerprint density at radius 2 is 2.11 bits per heavy atom. The quantitative estimate of drug-likeness (QED) is 0.744. The maximum Gasteiger partial charge on any atom is 0.392 e. The first kappa shape index (κ1) is 14.8. The lowest BCUT2D eigenvalue weighted by Gasteiger charge is -2.41. The highest BCUT2D eigenvalue weighted by molar-refractivity contribution is 9.10. The van der Waals surface area contributed by atoms with Crippen molar-refractivity contribution in [2.45, 2.75) is 31.5 Å². The molecule has 1 aromatic rings. The van der Waals surface area contributed by atoms with Crippen molar-refractivity contribution >= 4 is 33.1 Å². The predicted molar refractivity (Wildman–Crippen MR) is 76.0 cm³/mol. The van der Waals surface area contributed by atoms with Crippen molar-refractivity contribution < 1.29 is 13.2 Å². The summed E-state index contributed by atoms with van der Waals surface area (Å²) in [5.74, 6) is -1.38. The zero-order valence-electron chi connectivity index (χ0n) is 10.2. The minimum absolute atomic E-state index is 0.00685. The van der Waals surface area contributed by atoms with Crippen molar-refractivity contribution in [2.24, 2.45) is 5.92 Å². The van der Waals surface area contributed by atoms with Gasteiger partial charge in [0.1, 0.15) is 0 Å². The lowest BCUT2D eigenvalue weighted by atomic mass is 9.78. The van der Waals surface area contributed by atoms with Gasteiger partial charge >= 0.3 is 6.18 Å². The van der Waals surface area contributed by atoms with E-state index in [2.05, 4.69) is 21.2 Å². The lowest BCUT2D eigenvalue weighted by Crippen LogP contribution is -2.51. The zero-order chi connectivity index (χ0) is 14.3. The van der Waals surface area contributed by atoms with E-state index < -0.39 is 17.6 Å². The van der Waals surface area contributed by atoms with Crippen molar-refractivity contribution in [2.75, 3.05) is 0 Å². The molecule has 2 unspecified atom stereocenters. The molecule has 0 saturated carbocycles. The van der Waals surface area contributed by atoms with E-state index in [1.807, 2.05) is 24.3 Å². The van der Waals surface area contributed by atoms with Crippen LogP contribution in [-0.2, 0) is 5.54 Å². The van der Waals surface area contributed by atoms with Gasteiger partial charge in [-0.3, -0.25) is 0 Å². The smallest absolute Gasteiger partial charge is 0.370 e. The van der Waals surface area contributed by atoms with E-state index in [9.17, 15) is 13.2 Å². The second-order valence-corrected chi connectivity index (χ2v) is 6.45. The number of thiocarbonyl (C=S) groups is 1. The number of benzene rings is 1. The van der Waals surface area contributed by atoms with E-state index >= 15 is 0 Å². The zero-order valence-corrected chi connectivity index (χ0v) is 12.6. The van der Waals surface area contributed by atoms with Crippen LogP contribution >= 0.6 is 28.1 Å². The van der Waals surface area contributed by atoms with Gasteiger partial charge in [-0.15, -0.1) is 0 Å². The molecule has 0 amide bonds. The van der Waals surface area contributed by atoms with Gasteiger partial charge in [-0.1, -0.05) is 40.3 Å². The fourth-order valence-corrected chi connectivity index (χ4v) is 3.28. The molecule has 2 rings (SSSR count). The first-order valence-electron chi connectivity index (χ1n) is 5.84. The Morgan fingerprint density at radius 3 is 2.68 bits per heavy atom. The van der Waals surface area contributed by atoms with Crippen LogP contribution in [0.15, 0.2) is 28.7 Å². The molecule has 1 aliphatic rings. The van der Waals surface area contributed by atoms with E-state index in [-0.39, 0.29) is 17.8 Å². The van der Waals surface area contributed by atoms with Crippen LogP contribution in [0.3, 0.4) is 0 Å². The van der Waals surface area contributed by atoms with Crippen LogP contribution in [0.2, 0.25) is 0 Å². The van der Waals surface area contributed by atoms with E-state index in [4.69, 9.17) is 12.2 Å². The summed E-state index contributed by atoms with van der Waals surface area (Å²) in [6.07, 6.45) is -4.34. The molecular weight excluding hydrogens is 339 g/mol. The molecule has 1 N–H and O–H groups in total. The predicted octanol–water partition coefficient (Wildman–Crippen LogP) is 4.55. The molecule has 19 heavy (non-hydrogen) atoms. The molecule has 1 fully saturated rings. The minimum atomic E-state index is -4.21. The first-order chi connectivity index (χ1) is 8.71. The Hall–Kier alpha value is -0.620. The van der Waals surface area contributed by atoms with Gasteiger partial charge in [0.15, 0.2) is 0 Å². The molecule has 0 aromatic heterocycles. The Bertz CT molecular complexity index is 503. The number of piperidine rings is 1. The van der Waals surface area contributed by atoms with Gasteiger partial charge in [-0.25, -0.2) is 0 Å². The summed E-state index contributed by atoms with van der Waals surface area (Å²) in [6, 6.07) is 7.30. The molecule has 0 aliphatic carbocycles. The van der Waals surface area contributed by atoms with Crippen LogP contribution in [0.1, 0.15) is 25.3 Å². The van der Waals surface area contributed by atoms with Crippen molar-refractivity contribution in [1.29, 1.82) is 0 Å². The molecule has 6 heteroatoms. The molecule has 1 heterocycles. The average molecular weight is 352 g/mol. The van der Waals surface area contributed by atoms with Crippen LogP contribution in [0, 0.1) is 5.92 Å². The summed E-state index contributed by atoms with van der Waals surface area (Å²) in [7, 11) is 0. The molecular formula is C13H13BrF3NS. The summed E-state index contributed by atoms with van der Waals surface area (Å²) >= 11 is 8.35. The third-order valence-electron chi connectivity index (χ3n) is 3.43. The number of nitrogens with one attached hydrogen (secondary N) is 1. The molecule has 1 aromatic carbocycles. The topological polar surface area (TPSA) is 12.0 Å². The van der Waals surface area contributed by atoms with E-state index in [1.165, 1.54) is 0 Å². The first-order valence-corrected chi connectivity index (χ1v) is 7.04. The Balaban J connectivity index is 2.34. The molecule has 0 spiro atoms. The highest BCUT2D eigenvalue weighted by Gasteiger charge is 2.47. The number of hydrogen-bond acceptors (Lipinski definition) is 1. The summed E-state index contributed by atoms with van der Waals surface area (Å²) in [4.78, 5) is 0.274. The molecule has 104 valence electrons. The summed E-state index contributed by atoms with van der Waals surface area (Å²) in [5.41, 5.74) is 0.0254. The van der Waals surface area contributed by atoms with E-state index in [1.54, 1.807) is 6.92 Å². The number of halogens is 4. The molecule has 1 saturated heterocycles. The summed E-state index contributed by atoms with van der Waals surface area (Å²) in [6.45, 7) is 1.76. The minimum Gasteiger partial charge on any atom is -0.370 e. The van der Waals surface area contributed by atoms with Crippen LogP contribution in [0.5, 0.6) is 0 Å². The van der Waals surface area contributed by atoms with Gasteiger partial charge in [-0.05, 0) is 31.0 Å². The van der Waals surface area contributed by atoms with Gasteiger partial charge < -0.3 is 5.32 Å². The maximum atomic E-state index is 13.0.